The van der Waals surface area contributed by atoms with Gasteiger partial charge in [0.05, 0.1) is 11.4 Å². The lowest BCUT2D eigenvalue weighted by molar-refractivity contribution is -0.122. The minimum atomic E-state index is -0.436. The Morgan fingerprint density at radius 3 is 3.00 bits per heavy atom. The second-order valence-electron chi connectivity index (χ2n) is 4.49. The van der Waals surface area contributed by atoms with E-state index in [1.807, 2.05) is 4.90 Å². The number of likely N-dealkylation sites (N-methyl/N-ethyl adjacent to an activating group) is 1. The Morgan fingerprint density at radius 1 is 1.50 bits per heavy atom. The summed E-state index contributed by atoms with van der Waals surface area (Å²) in [4.78, 5) is 13.8. The van der Waals surface area contributed by atoms with E-state index in [2.05, 4.69) is 5.32 Å². The molecule has 1 unspecified atom stereocenters. The molecule has 0 aromatic heterocycles. The summed E-state index contributed by atoms with van der Waals surface area (Å²) < 4.78 is 13.5. The van der Waals surface area contributed by atoms with Gasteiger partial charge in [-0.3, -0.25) is 4.79 Å². The average Bonchev–Trinajstić information content (AvgIpc) is 2.41. The number of nitrogens with one attached hydrogen (secondary N) is 1. The standard InChI is InChI=1S/C13H18FN3O/c1-16-13(18)11-6-2-3-8-17(11)10-7-4-5-9(14)12(10)15/h4-5,7,11H,2-3,6,8,15H2,1H3,(H,16,18). The number of carbonyl (C=O) groups excluding carboxylic acids is 1. The van der Waals surface area contributed by atoms with Crippen molar-refractivity contribution in [1.29, 1.82) is 0 Å². The number of nitrogens with zero attached hydrogens (tertiary/aromatic N) is 1. The summed E-state index contributed by atoms with van der Waals surface area (Å²) in [6.45, 7) is 0.728. The summed E-state index contributed by atoms with van der Waals surface area (Å²) in [6, 6.07) is 4.46. The largest absolute Gasteiger partial charge is 0.395 e. The second kappa shape index (κ2) is 5.25. The van der Waals surface area contributed by atoms with Crippen molar-refractivity contribution in [2.45, 2.75) is 25.3 Å². The number of amides is 1. The number of para-hydroxylation sites is 1. The molecule has 0 aliphatic carbocycles. The summed E-state index contributed by atoms with van der Waals surface area (Å²) in [7, 11) is 1.62. The van der Waals surface area contributed by atoms with Crippen molar-refractivity contribution in [3.05, 3.63) is 24.0 Å². The molecule has 0 spiro atoms. The van der Waals surface area contributed by atoms with Gasteiger partial charge in [0, 0.05) is 13.6 Å². The molecule has 0 saturated carbocycles. The Kier molecular flexibility index (Phi) is 3.69. The molecule has 18 heavy (non-hydrogen) atoms. The average molecular weight is 251 g/mol. The Bertz CT molecular complexity index is 450. The third-order valence-electron chi connectivity index (χ3n) is 3.39. The molecule has 3 N–H and O–H groups in total. The zero-order valence-electron chi connectivity index (χ0n) is 10.4. The van der Waals surface area contributed by atoms with E-state index in [-0.39, 0.29) is 17.6 Å². The topological polar surface area (TPSA) is 58.4 Å². The van der Waals surface area contributed by atoms with Gasteiger partial charge < -0.3 is 16.0 Å². The highest BCUT2D eigenvalue weighted by molar-refractivity contribution is 5.86. The van der Waals surface area contributed by atoms with E-state index in [9.17, 15) is 9.18 Å². The first kappa shape index (κ1) is 12.7. The molecule has 1 atom stereocenters. The Morgan fingerprint density at radius 2 is 2.28 bits per heavy atom. The molecule has 1 heterocycles. The molecule has 2 rings (SSSR count). The number of rotatable bonds is 2. The molecular weight excluding hydrogens is 233 g/mol. The van der Waals surface area contributed by atoms with E-state index in [1.165, 1.54) is 6.07 Å². The normalized spacial score (nSPS) is 19.7. The van der Waals surface area contributed by atoms with Crippen LogP contribution in [0.2, 0.25) is 0 Å². The van der Waals surface area contributed by atoms with Gasteiger partial charge in [0.2, 0.25) is 5.91 Å². The Balaban J connectivity index is 2.34. The molecule has 1 aromatic carbocycles. The lowest BCUT2D eigenvalue weighted by Gasteiger charge is -2.36. The number of nitrogen functional groups attached to an aromatic ring is 1. The number of carbonyl (C=O) groups is 1. The highest BCUT2D eigenvalue weighted by atomic mass is 19.1. The molecule has 1 aromatic rings. The van der Waals surface area contributed by atoms with E-state index in [0.29, 0.717) is 5.69 Å². The van der Waals surface area contributed by atoms with Crippen molar-refractivity contribution in [2.24, 2.45) is 0 Å². The smallest absolute Gasteiger partial charge is 0.242 e. The van der Waals surface area contributed by atoms with Crippen molar-refractivity contribution in [2.75, 3.05) is 24.2 Å². The summed E-state index contributed by atoms with van der Waals surface area (Å²) in [6.07, 6.45) is 2.77. The molecular formula is C13H18FN3O. The minimum absolute atomic E-state index is 0.0432. The van der Waals surface area contributed by atoms with Crippen molar-refractivity contribution in [1.82, 2.24) is 5.32 Å². The number of piperidine rings is 1. The van der Waals surface area contributed by atoms with Crippen LogP contribution < -0.4 is 16.0 Å². The van der Waals surface area contributed by atoms with Crippen molar-refractivity contribution in [3.63, 3.8) is 0 Å². The predicted octanol–water partition coefficient (Wildman–Crippen LogP) is 1.51. The number of anilines is 2. The maximum atomic E-state index is 13.5. The Hall–Kier alpha value is -1.78. The number of hydrogen-bond acceptors (Lipinski definition) is 3. The van der Waals surface area contributed by atoms with Gasteiger partial charge >= 0.3 is 0 Å². The third-order valence-corrected chi connectivity index (χ3v) is 3.39. The van der Waals surface area contributed by atoms with Crippen LogP contribution in [0.3, 0.4) is 0 Å². The molecule has 1 aliphatic rings. The highest BCUT2D eigenvalue weighted by Gasteiger charge is 2.29. The van der Waals surface area contributed by atoms with Crippen LogP contribution in [0, 0.1) is 5.82 Å². The summed E-state index contributed by atoms with van der Waals surface area (Å²) in [5, 5.41) is 2.65. The molecule has 1 saturated heterocycles. The van der Waals surface area contributed by atoms with Crippen molar-refractivity contribution < 1.29 is 9.18 Å². The van der Waals surface area contributed by atoms with Crippen LogP contribution in [0.5, 0.6) is 0 Å². The van der Waals surface area contributed by atoms with Gasteiger partial charge in [-0.05, 0) is 31.4 Å². The molecule has 1 fully saturated rings. The van der Waals surface area contributed by atoms with Crippen molar-refractivity contribution in [3.8, 4) is 0 Å². The lowest BCUT2D eigenvalue weighted by Crippen LogP contribution is -2.49. The van der Waals surface area contributed by atoms with Crippen LogP contribution >= 0.6 is 0 Å². The molecule has 98 valence electrons. The maximum Gasteiger partial charge on any atom is 0.242 e. The third kappa shape index (κ3) is 2.25. The van der Waals surface area contributed by atoms with Crippen molar-refractivity contribution >= 4 is 17.3 Å². The van der Waals surface area contributed by atoms with Gasteiger partial charge in [0.25, 0.3) is 0 Å². The van der Waals surface area contributed by atoms with Crippen LogP contribution in [0.15, 0.2) is 18.2 Å². The molecule has 1 aliphatic heterocycles. The fourth-order valence-corrected chi connectivity index (χ4v) is 2.44. The predicted molar refractivity (Wildman–Crippen MR) is 69.9 cm³/mol. The SMILES string of the molecule is CNC(=O)C1CCCCN1c1cccc(F)c1N. The summed E-state index contributed by atoms with van der Waals surface area (Å²) >= 11 is 0. The maximum absolute atomic E-state index is 13.5. The zero-order chi connectivity index (χ0) is 13.1. The van der Waals surface area contributed by atoms with E-state index in [1.54, 1.807) is 19.2 Å². The van der Waals surface area contributed by atoms with Crippen LogP contribution in [-0.2, 0) is 4.79 Å². The van der Waals surface area contributed by atoms with Crippen LogP contribution in [0.4, 0.5) is 15.8 Å². The van der Waals surface area contributed by atoms with Gasteiger partial charge in [0.15, 0.2) is 0 Å². The molecule has 0 radical (unpaired) electrons. The first-order chi connectivity index (χ1) is 8.65. The van der Waals surface area contributed by atoms with E-state index in [4.69, 9.17) is 5.73 Å². The molecule has 5 heteroatoms. The van der Waals surface area contributed by atoms with Gasteiger partial charge in [-0.15, -0.1) is 0 Å². The molecule has 1 amide bonds. The zero-order valence-corrected chi connectivity index (χ0v) is 10.4. The number of halogens is 1. The minimum Gasteiger partial charge on any atom is -0.395 e. The van der Waals surface area contributed by atoms with E-state index >= 15 is 0 Å². The fraction of sp³-hybridized carbons (Fsp3) is 0.462. The van der Waals surface area contributed by atoms with Gasteiger partial charge in [-0.1, -0.05) is 6.07 Å². The van der Waals surface area contributed by atoms with Crippen LogP contribution in [-0.4, -0.2) is 25.5 Å². The second-order valence-corrected chi connectivity index (χ2v) is 4.49. The first-order valence-corrected chi connectivity index (χ1v) is 6.17. The number of benzene rings is 1. The van der Waals surface area contributed by atoms with Gasteiger partial charge in [-0.2, -0.15) is 0 Å². The van der Waals surface area contributed by atoms with Gasteiger partial charge in [0.1, 0.15) is 11.9 Å². The highest BCUT2D eigenvalue weighted by Crippen LogP contribution is 2.31. The fourth-order valence-electron chi connectivity index (χ4n) is 2.44. The van der Waals surface area contributed by atoms with E-state index < -0.39 is 5.82 Å². The molecule has 4 nitrogen and oxygen atoms in total. The van der Waals surface area contributed by atoms with E-state index in [0.717, 1.165) is 25.8 Å². The summed E-state index contributed by atoms with van der Waals surface area (Å²) in [5.41, 5.74) is 6.50. The van der Waals surface area contributed by atoms with Crippen LogP contribution in [0.1, 0.15) is 19.3 Å². The number of nitrogens with two attached hydrogens (primary N) is 1. The summed E-state index contributed by atoms with van der Waals surface area (Å²) in [5.74, 6) is -0.480. The lowest BCUT2D eigenvalue weighted by atomic mass is 10.00. The quantitative estimate of drug-likeness (QED) is 0.783. The molecule has 0 bridgehead atoms. The monoisotopic (exact) mass is 251 g/mol. The first-order valence-electron chi connectivity index (χ1n) is 6.17. The number of hydrogen-bond donors (Lipinski definition) is 2. The van der Waals surface area contributed by atoms with Crippen LogP contribution in [0.25, 0.3) is 0 Å². The van der Waals surface area contributed by atoms with Gasteiger partial charge in [-0.25, -0.2) is 4.39 Å². The Labute approximate surface area is 106 Å².